The second-order valence-corrected chi connectivity index (χ2v) is 7.41. The molecular formula is C20H39N7O2. The Morgan fingerprint density at radius 3 is 2.10 bits per heavy atom. The van der Waals surface area contributed by atoms with Gasteiger partial charge in [-0.1, -0.05) is 32.6 Å². The Balaban J connectivity index is 1.79. The van der Waals surface area contributed by atoms with E-state index in [1.165, 1.54) is 32.1 Å². The molecule has 166 valence electrons. The van der Waals surface area contributed by atoms with Crippen molar-refractivity contribution >= 4 is 17.8 Å². The minimum atomic E-state index is 0.534. The van der Waals surface area contributed by atoms with Crippen LogP contribution in [-0.2, 0) is 9.47 Å². The lowest BCUT2D eigenvalue weighted by molar-refractivity contribution is 0.0547. The molecule has 0 atom stereocenters. The van der Waals surface area contributed by atoms with E-state index in [1.807, 2.05) is 0 Å². The van der Waals surface area contributed by atoms with E-state index >= 15 is 0 Å². The molecule has 9 nitrogen and oxygen atoms in total. The van der Waals surface area contributed by atoms with Gasteiger partial charge in [0.05, 0.1) is 26.4 Å². The summed E-state index contributed by atoms with van der Waals surface area (Å²) in [6, 6.07) is 0. The maximum atomic E-state index is 5.54. The first-order valence-corrected chi connectivity index (χ1v) is 11.1. The molecule has 0 unspecified atom stereocenters. The minimum Gasteiger partial charge on any atom is -0.378 e. The van der Waals surface area contributed by atoms with Crippen LogP contribution in [0.3, 0.4) is 0 Å². The van der Waals surface area contributed by atoms with E-state index < -0.39 is 0 Å². The highest BCUT2D eigenvalue weighted by atomic mass is 16.5. The highest BCUT2D eigenvalue weighted by Gasteiger charge is 2.14. The maximum absolute atomic E-state index is 5.54. The fourth-order valence-corrected chi connectivity index (χ4v) is 3.26. The van der Waals surface area contributed by atoms with Crippen LogP contribution in [0.4, 0.5) is 17.8 Å². The fraction of sp³-hybridized carbons (Fsp3) is 0.850. The highest BCUT2D eigenvalue weighted by Crippen LogP contribution is 2.23. The van der Waals surface area contributed by atoms with E-state index in [0.29, 0.717) is 63.3 Å². The number of ether oxygens (including phenoxy) is 2. The van der Waals surface area contributed by atoms with Crippen molar-refractivity contribution in [1.29, 1.82) is 0 Å². The summed E-state index contributed by atoms with van der Waals surface area (Å²) in [5.74, 6) is 2.51. The van der Waals surface area contributed by atoms with Gasteiger partial charge in [-0.3, -0.25) is 0 Å². The summed E-state index contributed by atoms with van der Waals surface area (Å²) in [6.07, 6.45) is 8.81. The standard InChI is InChI=1S/C20H39N7O2/c1-2-3-10-22-18-25-19(23-11-13-29-15-14-28-12-9-21)27-20(26-18)24-16-17-7-5-4-6-8-17/h17H,2-16,21H2,1H3,(H3,22,23,24,25,26,27). The number of aromatic nitrogens is 3. The Hall–Kier alpha value is -1.71. The van der Waals surface area contributed by atoms with Crippen molar-refractivity contribution in [3.05, 3.63) is 0 Å². The molecule has 0 radical (unpaired) electrons. The van der Waals surface area contributed by atoms with Gasteiger partial charge in [-0.05, 0) is 25.2 Å². The smallest absolute Gasteiger partial charge is 0.229 e. The summed E-state index contributed by atoms with van der Waals surface area (Å²) in [6.45, 7) is 7.33. The first-order chi connectivity index (χ1) is 14.3. The molecule has 1 aromatic rings. The Morgan fingerprint density at radius 1 is 0.828 bits per heavy atom. The van der Waals surface area contributed by atoms with Crippen molar-refractivity contribution in [2.75, 3.05) is 68.6 Å². The van der Waals surface area contributed by atoms with Crippen molar-refractivity contribution in [2.24, 2.45) is 11.7 Å². The Morgan fingerprint density at radius 2 is 1.45 bits per heavy atom. The van der Waals surface area contributed by atoms with Crippen LogP contribution in [0.15, 0.2) is 0 Å². The normalized spacial score (nSPS) is 14.7. The van der Waals surface area contributed by atoms with Gasteiger partial charge in [-0.2, -0.15) is 15.0 Å². The van der Waals surface area contributed by atoms with Crippen molar-refractivity contribution < 1.29 is 9.47 Å². The van der Waals surface area contributed by atoms with E-state index in [9.17, 15) is 0 Å². The number of nitrogens with zero attached hydrogens (tertiary/aromatic N) is 3. The topological polar surface area (TPSA) is 119 Å². The van der Waals surface area contributed by atoms with Gasteiger partial charge in [0.2, 0.25) is 17.8 Å². The summed E-state index contributed by atoms with van der Waals surface area (Å²) in [4.78, 5) is 13.5. The molecule has 29 heavy (non-hydrogen) atoms. The molecule has 0 amide bonds. The van der Waals surface area contributed by atoms with Crippen LogP contribution < -0.4 is 21.7 Å². The zero-order chi connectivity index (χ0) is 20.6. The summed E-state index contributed by atoms with van der Waals surface area (Å²) >= 11 is 0. The number of nitrogens with two attached hydrogens (primary N) is 1. The molecule has 1 saturated carbocycles. The number of unbranched alkanes of at least 4 members (excludes halogenated alkanes) is 1. The zero-order valence-electron chi connectivity index (χ0n) is 17.9. The molecule has 0 aromatic carbocycles. The van der Waals surface area contributed by atoms with E-state index in [4.69, 9.17) is 15.2 Å². The van der Waals surface area contributed by atoms with Gasteiger partial charge < -0.3 is 31.2 Å². The van der Waals surface area contributed by atoms with Gasteiger partial charge in [0.1, 0.15) is 0 Å². The molecular weight excluding hydrogens is 370 g/mol. The van der Waals surface area contributed by atoms with E-state index in [-0.39, 0.29) is 0 Å². The molecule has 1 aliphatic rings. The first-order valence-electron chi connectivity index (χ1n) is 11.1. The third-order valence-electron chi connectivity index (χ3n) is 4.89. The van der Waals surface area contributed by atoms with Gasteiger partial charge in [0, 0.05) is 26.2 Å². The summed E-state index contributed by atoms with van der Waals surface area (Å²) in [7, 11) is 0. The molecule has 1 heterocycles. The fourth-order valence-electron chi connectivity index (χ4n) is 3.26. The van der Waals surface area contributed by atoms with Crippen LogP contribution in [-0.4, -0.2) is 67.6 Å². The van der Waals surface area contributed by atoms with Gasteiger partial charge in [0.15, 0.2) is 0 Å². The van der Waals surface area contributed by atoms with Crippen LogP contribution in [0.25, 0.3) is 0 Å². The number of rotatable bonds is 16. The van der Waals surface area contributed by atoms with Gasteiger partial charge in [0.25, 0.3) is 0 Å². The van der Waals surface area contributed by atoms with Crippen LogP contribution in [0.5, 0.6) is 0 Å². The number of hydrogen-bond donors (Lipinski definition) is 4. The largest absolute Gasteiger partial charge is 0.378 e. The number of hydrogen-bond acceptors (Lipinski definition) is 9. The summed E-state index contributed by atoms with van der Waals surface area (Å²) in [5.41, 5.74) is 5.38. The molecule has 0 bridgehead atoms. The molecule has 9 heteroatoms. The number of nitrogens with one attached hydrogen (secondary N) is 3. The predicted molar refractivity (Wildman–Crippen MR) is 117 cm³/mol. The molecule has 1 aromatic heterocycles. The average molecular weight is 410 g/mol. The third-order valence-corrected chi connectivity index (χ3v) is 4.89. The van der Waals surface area contributed by atoms with Crippen molar-refractivity contribution in [1.82, 2.24) is 15.0 Å². The lowest BCUT2D eigenvalue weighted by Crippen LogP contribution is -2.20. The summed E-state index contributed by atoms with van der Waals surface area (Å²) in [5, 5.41) is 9.94. The van der Waals surface area contributed by atoms with Crippen LogP contribution in [0.2, 0.25) is 0 Å². The molecule has 5 N–H and O–H groups in total. The molecule has 1 fully saturated rings. The van der Waals surface area contributed by atoms with Crippen molar-refractivity contribution in [3.63, 3.8) is 0 Å². The third kappa shape index (κ3) is 10.6. The first kappa shape index (κ1) is 23.6. The van der Waals surface area contributed by atoms with Crippen molar-refractivity contribution in [3.8, 4) is 0 Å². The molecule has 1 aliphatic carbocycles. The SMILES string of the molecule is CCCCNc1nc(NCCOCCOCCN)nc(NCC2CCCCC2)n1. The second kappa shape index (κ2) is 15.2. The van der Waals surface area contributed by atoms with Crippen LogP contribution >= 0.6 is 0 Å². The maximum Gasteiger partial charge on any atom is 0.229 e. The van der Waals surface area contributed by atoms with Gasteiger partial charge in [-0.15, -0.1) is 0 Å². The molecule has 2 rings (SSSR count). The summed E-state index contributed by atoms with van der Waals surface area (Å²) < 4.78 is 10.8. The van der Waals surface area contributed by atoms with Crippen molar-refractivity contribution in [2.45, 2.75) is 51.9 Å². The Kier molecular flexibility index (Phi) is 12.3. The predicted octanol–water partition coefficient (Wildman–Crippen LogP) is 2.48. The van der Waals surface area contributed by atoms with Crippen LogP contribution in [0, 0.1) is 5.92 Å². The second-order valence-electron chi connectivity index (χ2n) is 7.41. The van der Waals surface area contributed by atoms with Crippen LogP contribution in [0.1, 0.15) is 51.9 Å². The highest BCUT2D eigenvalue weighted by molar-refractivity contribution is 5.42. The minimum absolute atomic E-state index is 0.534. The van der Waals surface area contributed by atoms with E-state index in [1.54, 1.807) is 0 Å². The number of anilines is 3. The Bertz CT molecular complexity index is 542. The van der Waals surface area contributed by atoms with Gasteiger partial charge >= 0.3 is 0 Å². The van der Waals surface area contributed by atoms with E-state index in [2.05, 4.69) is 37.8 Å². The lowest BCUT2D eigenvalue weighted by Gasteiger charge is -2.21. The Labute approximate surface area is 175 Å². The quantitative estimate of drug-likeness (QED) is 0.305. The van der Waals surface area contributed by atoms with E-state index in [0.717, 1.165) is 25.9 Å². The molecule has 0 spiro atoms. The molecule has 0 aliphatic heterocycles. The lowest BCUT2D eigenvalue weighted by atomic mass is 9.89. The zero-order valence-corrected chi connectivity index (χ0v) is 17.9. The average Bonchev–Trinajstić information content (AvgIpc) is 2.75. The van der Waals surface area contributed by atoms with Gasteiger partial charge in [-0.25, -0.2) is 0 Å². The molecule has 0 saturated heterocycles. The monoisotopic (exact) mass is 409 g/mol.